The lowest BCUT2D eigenvalue weighted by Gasteiger charge is -2.36. The monoisotopic (exact) mass is 590 g/mol. The van der Waals surface area contributed by atoms with E-state index in [0.29, 0.717) is 18.4 Å². The fraction of sp³-hybridized carbons (Fsp3) is 0.562. The molecule has 1 aliphatic heterocycles. The summed E-state index contributed by atoms with van der Waals surface area (Å²) in [5, 5.41) is 14.1. The number of methoxy groups -OCH3 is 2. The number of hydrogen-bond acceptors (Lipinski definition) is 5. The van der Waals surface area contributed by atoms with E-state index in [1.165, 1.54) is 18.1 Å². The number of halogens is 3. The van der Waals surface area contributed by atoms with E-state index in [0.717, 1.165) is 30.5 Å². The second kappa shape index (κ2) is 12.6. The van der Waals surface area contributed by atoms with Crippen LogP contribution in [-0.2, 0) is 27.0 Å². The highest BCUT2D eigenvalue weighted by molar-refractivity contribution is 5.87. The van der Waals surface area contributed by atoms with Crippen LogP contribution < -0.4 is 10.1 Å². The van der Waals surface area contributed by atoms with Crippen molar-refractivity contribution < 1.29 is 37.3 Å². The molecule has 1 saturated carbocycles. The van der Waals surface area contributed by atoms with Crippen LogP contribution in [0.15, 0.2) is 48.5 Å². The van der Waals surface area contributed by atoms with E-state index in [9.17, 15) is 27.9 Å². The first kappa shape index (κ1) is 31.8. The Bertz CT molecular complexity index is 1250. The van der Waals surface area contributed by atoms with Crippen LogP contribution in [0.3, 0.4) is 0 Å². The van der Waals surface area contributed by atoms with Gasteiger partial charge in [-0.3, -0.25) is 4.79 Å². The zero-order valence-corrected chi connectivity index (χ0v) is 24.8. The molecule has 0 spiro atoms. The van der Waals surface area contributed by atoms with Gasteiger partial charge in [0.25, 0.3) is 0 Å². The molecule has 0 bridgehead atoms. The Morgan fingerprint density at radius 3 is 2.31 bits per heavy atom. The maximum absolute atomic E-state index is 14.3. The summed E-state index contributed by atoms with van der Waals surface area (Å²) in [6.07, 6.45) is -1.81. The van der Waals surface area contributed by atoms with Crippen LogP contribution >= 0.6 is 0 Å². The highest BCUT2D eigenvalue weighted by Gasteiger charge is 2.58. The maximum atomic E-state index is 14.3. The van der Waals surface area contributed by atoms with Gasteiger partial charge >= 0.3 is 12.1 Å². The molecule has 2 aliphatic rings. The Kier molecular flexibility index (Phi) is 9.57. The molecule has 1 amide bonds. The number of carbonyl (C=O) groups is 2. The first-order valence-corrected chi connectivity index (χ1v) is 14.4. The molecule has 1 heterocycles. The van der Waals surface area contributed by atoms with Crippen LogP contribution in [-0.4, -0.2) is 54.3 Å². The van der Waals surface area contributed by atoms with Crippen LogP contribution in [0.5, 0.6) is 5.75 Å². The van der Waals surface area contributed by atoms with Gasteiger partial charge in [0.2, 0.25) is 5.91 Å². The van der Waals surface area contributed by atoms with Gasteiger partial charge in [-0.25, -0.2) is 4.79 Å². The van der Waals surface area contributed by atoms with E-state index in [1.54, 1.807) is 7.11 Å². The number of rotatable bonds is 8. The number of hydrogen-bond donors (Lipinski definition) is 2. The van der Waals surface area contributed by atoms with Crippen molar-refractivity contribution in [2.24, 2.45) is 17.3 Å². The van der Waals surface area contributed by atoms with E-state index < -0.39 is 47.2 Å². The number of benzene rings is 2. The number of nitrogens with zero attached hydrogens (tertiary/aromatic N) is 1. The van der Waals surface area contributed by atoms with Gasteiger partial charge in [-0.05, 0) is 48.4 Å². The van der Waals surface area contributed by atoms with Crippen LogP contribution in [0.25, 0.3) is 0 Å². The summed E-state index contributed by atoms with van der Waals surface area (Å²) in [5.41, 5.74) is -0.332. The van der Waals surface area contributed by atoms with Crippen molar-refractivity contribution in [2.45, 2.75) is 83.4 Å². The van der Waals surface area contributed by atoms with Crippen LogP contribution in [0.2, 0.25) is 0 Å². The van der Waals surface area contributed by atoms with E-state index in [1.807, 2.05) is 51.1 Å². The number of likely N-dealkylation sites (tertiary alicyclic amines) is 1. The molecule has 6 atom stereocenters. The quantitative estimate of drug-likeness (QED) is 0.388. The van der Waals surface area contributed by atoms with Gasteiger partial charge in [0.05, 0.1) is 24.8 Å². The molecule has 10 heteroatoms. The molecule has 1 saturated heterocycles. The molecule has 0 radical (unpaired) electrons. The first-order valence-electron chi connectivity index (χ1n) is 14.4. The Morgan fingerprint density at radius 2 is 1.74 bits per heavy atom. The predicted molar refractivity (Wildman–Crippen MR) is 152 cm³/mol. The van der Waals surface area contributed by atoms with Crippen molar-refractivity contribution in [3.05, 3.63) is 65.2 Å². The number of aliphatic carboxylic acids is 1. The summed E-state index contributed by atoms with van der Waals surface area (Å²) in [7, 11) is 3.02. The number of alkyl halides is 3. The Hall–Kier alpha value is -3.11. The third-order valence-corrected chi connectivity index (χ3v) is 8.76. The SMILES string of the molecule is COc1ccc(C(F)(F)F)cc1CN[C@@H]1[C@@H](C(C)(C)C)[C@H](C(=O)O)N(C(=O)[C@@H]2CCC[C@@H](OC)C2)[C@@H]1c1ccccc1. The van der Waals surface area contributed by atoms with E-state index >= 15 is 0 Å². The second-order valence-electron chi connectivity index (χ2n) is 12.4. The second-order valence-corrected chi connectivity index (χ2v) is 12.4. The van der Waals surface area contributed by atoms with Crippen molar-refractivity contribution in [1.82, 2.24) is 10.2 Å². The summed E-state index contributed by atoms with van der Waals surface area (Å²) in [6, 6.07) is 10.2. The first-order chi connectivity index (χ1) is 19.8. The molecular formula is C32H41F3N2O5. The normalized spacial score (nSPS) is 26.7. The van der Waals surface area contributed by atoms with Crippen LogP contribution in [0.4, 0.5) is 13.2 Å². The molecule has 0 aromatic heterocycles. The molecule has 2 N–H and O–H groups in total. The molecule has 7 nitrogen and oxygen atoms in total. The smallest absolute Gasteiger partial charge is 0.416 e. The average molecular weight is 591 g/mol. The number of carboxylic acid groups (broad SMARTS) is 1. The Balaban J connectivity index is 1.81. The van der Waals surface area contributed by atoms with Crippen molar-refractivity contribution in [1.29, 1.82) is 0 Å². The third kappa shape index (κ3) is 6.59. The summed E-state index contributed by atoms with van der Waals surface area (Å²) in [5.74, 6) is -2.01. The zero-order valence-electron chi connectivity index (χ0n) is 24.8. The van der Waals surface area contributed by atoms with E-state index in [-0.39, 0.29) is 30.2 Å². The lowest BCUT2D eigenvalue weighted by molar-refractivity contribution is -0.155. The molecule has 42 heavy (non-hydrogen) atoms. The van der Waals surface area contributed by atoms with E-state index in [2.05, 4.69) is 5.32 Å². The molecular weight excluding hydrogens is 549 g/mol. The summed E-state index contributed by atoms with van der Waals surface area (Å²) < 4.78 is 51.7. The van der Waals surface area contributed by atoms with Gasteiger partial charge in [0.15, 0.2) is 0 Å². The largest absolute Gasteiger partial charge is 0.496 e. The maximum Gasteiger partial charge on any atom is 0.416 e. The minimum absolute atomic E-state index is 0.0166. The minimum Gasteiger partial charge on any atom is -0.496 e. The fourth-order valence-corrected chi connectivity index (χ4v) is 6.84. The topological polar surface area (TPSA) is 88.1 Å². The fourth-order valence-electron chi connectivity index (χ4n) is 6.84. The van der Waals surface area contributed by atoms with Crippen molar-refractivity contribution >= 4 is 11.9 Å². The number of carbonyl (C=O) groups excluding carboxylic acids is 1. The number of amides is 1. The predicted octanol–water partition coefficient (Wildman–Crippen LogP) is 6.08. The molecule has 0 unspecified atom stereocenters. The van der Waals surface area contributed by atoms with Gasteiger partial charge in [-0.1, -0.05) is 57.5 Å². The van der Waals surface area contributed by atoms with Crippen molar-refractivity contribution in [2.75, 3.05) is 14.2 Å². The lowest BCUT2D eigenvalue weighted by atomic mass is 9.72. The van der Waals surface area contributed by atoms with Gasteiger partial charge in [-0.15, -0.1) is 0 Å². The average Bonchev–Trinajstić information content (AvgIpc) is 3.31. The highest BCUT2D eigenvalue weighted by atomic mass is 19.4. The van der Waals surface area contributed by atoms with Crippen LogP contribution in [0.1, 0.15) is 69.2 Å². The molecule has 1 aliphatic carbocycles. The van der Waals surface area contributed by atoms with Gasteiger partial charge in [0.1, 0.15) is 11.8 Å². The molecule has 230 valence electrons. The molecule has 2 aromatic rings. The molecule has 2 aromatic carbocycles. The standard InChI is InChI=1S/C32H41F3N2O5/c1-31(2,3)25-26(36-18-21-16-22(32(33,34)35)14-15-24(21)42-5)27(19-10-7-6-8-11-19)37(28(25)30(39)40)29(38)20-12-9-13-23(17-20)41-4/h6-8,10-11,14-16,20,23,25-28,36H,9,12-13,17-18H2,1-5H3,(H,39,40)/t20-,23-,25-,26-,27-,28-/m1/s1. The Morgan fingerprint density at radius 1 is 1.05 bits per heavy atom. The number of nitrogens with one attached hydrogen (secondary N) is 1. The summed E-state index contributed by atoms with van der Waals surface area (Å²) in [6.45, 7) is 5.79. The van der Waals surface area contributed by atoms with Gasteiger partial charge in [-0.2, -0.15) is 13.2 Å². The van der Waals surface area contributed by atoms with Crippen molar-refractivity contribution in [3.8, 4) is 5.75 Å². The van der Waals surface area contributed by atoms with E-state index in [4.69, 9.17) is 9.47 Å². The lowest BCUT2D eigenvalue weighted by Crippen LogP contribution is -2.49. The van der Waals surface area contributed by atoms with Crippen molar-refractivity contribution in [3.63, 3.8) is 0 Å². The van der Waals surface area contributed by atoms with Gasteiger partial charge < -0.3 is 24.8 Å². The molecule has 2 fully saturated rings. The Labute approximate surface area is 245 Å². The highest BCUT2D eigenvalue weighted by Crippen LogP contribution is 2.49. The number of carboxylic acids is 1. The minimum atomic E-state index is -4.54. The zero-order chi connectivity index (χ0) is 30.8. The number of ether oxygens (including phenoxy) is 2. The third-order valence-electron chi connectivity index (χ3n) is 8.76. The summed E-state index contributed by atoms with van der Waals surface area (Å²) in [4.78, 5) is 28.9. The van der Waals surface area contributed by atoms with Gasteiger partial charge in [0, 0.05) is 37.1 Å². The summed E-state index contributed by atoms with van der Waals surface area (Å²) >= 11 is 0. The van der Waals surface area contributed by atoms with Crippen LogP contribution in [0, 0.1) is 17.3 Å². The molecule has 4 rings (SSSR count).